The van der Waals surface area contributed by atoms with E-state index in [0.717, 1.165) is 11.4 Å². The zero-order valence-electron chi connectivity index (χ0n) is 14.3. The van der Waals surface area contributed by atoms with E-state index in [1.54, 1.807) is 6.08 Å². The summed E-state index contributed by atoms with van der Waals surface area (Å²) in [6, 6.07) is 8.27. The van der Waals surface area contributed by atoms with Crippen molar-refractivity contribution in [1.82, 2.24) is 5.32 Å². The molecule has 3 heteroatoms. The van der Waals surface area contributed by atoms with Crippen LogP contribution in [-0.2, 0) is 4.79 Å². The van der Waals surface area contributed by atoms with Crippen molar-refractivity contribution in [3.05, 3.63) is 59.2 Å². The van der Waals surface area contributed by atoms with Crippen LogP contribution in [0.3, 0.4) is 0 Å². The van der Waals surface area contributed by atoms with Crippen molar-refractivity contribution < 1.29 is 4.79 Å². The Kier molecular flexibility index (Phi) is 5.69. The molecule has 2 rings (SSSR count). The number of hydrogen-bond acceptors (Lipinski definition) is 1. The summed E-state index contributed by atoms with van der Waals surface area (Å²) in [6.07, 6.45) is 8.73. The second-order valence-electron chi connectivity index (χ2n) is 7.07. The fourth-order valence-corrected chi connectivity index (χ4v) is 2.74. The van der Waals surface area contributed by atoms with Crippen LogP contribution in [0.4, 0.5) is 0 Å². The zero-order valence-corrected chi connectivity index (χ0v) is 15.1. The van der Waals surface area contributed by atoms with Gasteiger partial charge in [0.15, 0.2) is 0 Å². The highest BCUT2D eigenvalue weighted by molar-refractivity contribution is 6.30. The lowest BCUT2D eigenvalue weighted by molar-refractivity contribution is -0.117. The number of amides is 1. The first-order chi connectivity index (χ1) is 10.8. The number of carbonyl (C=O) groups is 1. The first-order valence-corrected chi connectivity index (χ1v) is 8.61. The molecule has 3 unspecified atom stereocenters. The van der Waals surface area contributed by atoms with Crippen molar-refractivity contribution in [2.75, 3.05) is 0 Å². The minimum Gasteiger partial charge on any atom is -0.350 e. The zero-order chi connectivity index (χ0) is 17.0. The minimum atomic E-state index is -0.0361. The van der Waals surface area contributed by atoms with Crippen LogP contribution < -0.4 is 5.32 Å². The fourth-order valence-electron chi connectivity index (χ4n) is 2.62. The van der Waals surface area contributed by atoms with Gasteiger partial charge in [-0.15, -0.1) is 0 Å². The van der Waals surface area contributed by atoms with Gasteiger partial charge in [0.25, 0.3) is 0 Å². The predicted molar refractivity (Wildman–Crippen MR) is 97.6 cm³/mol. The van der Waals surface area contributed by atoms with Crippen molar-refractivity contribution >= 4 is 17.5 Å². The lowest BCUT2D eigenvalue weighted by atomic mass is 10.0. The van der Waals surface area contributed by atoms with Crippen LogP contribution >= 0.6 is 11.6 Å². The van der Waals surface area contributed by atoms with Gasteiger partial charge in [0, 0.05) is 17.1 Å². The molecule has 0 saturated heterocycles. The maximum absolute atomic E-state index is 11.8. The lowest BCUT2D eigenvalue weighted by Gasteiger charge is -2.15. The summed E-state index contributed by atoms with van der Waals surface area (Å²) in [7, 11) is 0. The first kappa shape index (κ1) is 17.8. The van der Waals surface area contributed by atoms with Gasteiger partial charge in [0.1, 0.15) is 0 Å². The van der Waals surface area contributed by atoms with Crippen LogP contribution in [0.2, 0.25) is 5.02 Å². The Morgan fingerprint density at radius 2 is 1.91 bits per heavy atom. The van der Waals surface area contributed by atoms with Gasteiger partial charge >= 0.3 is 0 Å². The van der Waals surface area contributed by atoms with Crippen molar-refractivity contribution in [2.24, 2.45) is 11.3 Å². The Morgan fingerprint density at radius 1 is 1.26 bits per heavy atom. The molecule has 1 aliphatic carbocycles. The molecule has 0 aromatic heterocycles. The third kappa shape index (κ3) is 4.97. The second kappa shape index (κ2) is 7.35. The molecule has 0 heterocycles. The van der Waals surface area contributed by atoms with E-state index >= 15 is 0 Å². The summed E-state index contributed by atoms with van der Waals surface area (Å²) in [4.78, 5) is 11.8. The number of benzene rings is 1. The van der Waals surface area contributed by atoms with E-state index in [1.165, 1.54) is 5.56 Å². The number of carbonyl (C=O) groups excluding carboxylic acids is 1. The standard InChI is InChI=1S/C20H26ClNO/c1-14(2)15(3)22-19(23)7-5-6-12-20(4)13-18(20)16-8-10-17(21)11-9-16/h5-12,14-15,18H,13H2,1-4H3,(H,22,23)/b7-5+,12-6+. The molecule has 0 radical (unpaired) electrons. The molecule has 1 saturated carbocycles. The number of rotatable bonds is 6. The molecule has 1 aliphatic rings. The van der Waals surface area contributed by atoms with Crippen molar-refractivity contribution in [3.8, 4) is 0 Å². The van der Waals surface area contributed by atoms with E-state index in [-0.39, 0.29) is 17.4 Å². The van der Waals surface area contributed by atoms with E-state index in [0.29, 0.717) is 11.8 Å². The highest BCUT2D eigenvalue weighted by Gasteiger charge is 2.48. The molecule has 1 N–H and O–H groups in total. The second-order valence-corrected chi connectivity index (χ2v) is 7.51. The normalized spacial score (nSPS) is 25.2. The Morgan fingerprint density at radius 3 is 2.52 bits per heavy atom. The Labute approximate surface area is 144 Å². The summed E-state index contributed by atoms with van der Waals surface area (Å²) in [6.45, 7) is 8.46. The van der Waals surface area contributed by atoms with Crippen LogP contribution in [-0.4, -0.2) is 11.9 Å². The van der Waals surface area contributed by atoms with E-state index in [4.69, 9.17) is 11.6 Å². The number of allylic oxidation sites excluding steroid dienone is 3. The molecule has 1 fully saturated rings. The molecular weight excluding hydrogens is 306 g/mol. The summed E-state index contributed by atoms with van der Waals surface area (Å²) < 4.78 is 0. The smallest absolute Gasteiger partial charge is 0.244 e. The molecule has 23 heavy (non-hydrogen) atoms. The molecule has 1 amide bonds. The average molecular weight is 332 g/mol. The van der Waals surface area contributed by atoms with E-state index in [2.05, 4.69) is 44.3 Å². The van der Waals surface area contributed by atoms with Gasteiger partial charge in [-0.25, -0.2) is 0 Å². The van der Waals surface area contributed by atoms with Gasteiger partial charge in [0.05, 0.1) is 0 Å². The summed E-state index contributed by atoms with van der Waals surface area (Å²) in [5.74, 6) is 0.943. The molecule has 2 nitrogen and oxygen atoms in total. The molecule has 124 valence electrons. The van der Waals surface area contributed by atoms with Gasteiger partial charge in [-0.1, -0.05) is 62.7 Å². The van der Waals surface area contributed by atoms with Crippen LogP contribution in [0, 0.1) is 11.3 Å². The maximum Gasteiger partial charge on any atom is 0.244 e. The third-order valence-corrected chi connectivity index (χ3v) is 5.01. The van der Waals surface area contributed by atoms with Crippen LogP contribution in [0.15, 0.2) is 48.6 Å². The van der Waals surface area contributed by atoms with Crippen LogP contribution in [0.25, 0.3) is 0 Å². The Hall–Kier alpha value is -1.54. The quantitative estimate of drug-likeness (QED) is 0.569. The summed E-state index contributed by atoms with van der Waals surface area (Å²) >= 11 is 5.93. The van der Waals surface area contributed by atoms with Gasteiger partial charge < -0.3 is 5.32 Å². The topological polar surface area (TPSA) is 29.1 Å². The van der Waals surface area contributed by atoms with Gasteiger partial charge in [-0.05, 0) is 48.3 Å². The number of hydrogen-bond donors (Lipinski definition) is 1. The van der Waals surface area contributed by atoms with Crippen molar-refractivity contribution in [3.63, 3.8) is 0 Å². The number of nitrogens with one attached hydrogen (secondary N) is 1. The predicted octanol–water partition coefficient (Wildman–Crippen LogP) is 5.11. The van der Waals surface area contributed by atoms with Crippen molar-refractivity contribution in [1.29, 1.82) is 0 Å². The largest absolute Gasteiger partial charge is 0.350 e. The monoisotopic (exact) mass is 331 g/mol. The first-order valence-electron chi connectivity index (χ1n) is 8.24. The molecule has 1 aromatic rings. The molecule has 1 aromatic carbocycles. The van der Waals surface area contributed by atoms with Gasteiger partial charge in [0.2, 0.25) is 5.91 Å². The van der Waals surface area contributed by atoms with Crippen LogP contribution in [0.5, 0.6) is 0 Å². The van der Waals surface area contributed by atoms with E-state index < -0.39 is 0 Å². The SMILES string of the molecule is CC(C)C(C)NC(=O)/C=C/C=C/C1(C)CC1c1ccc(Cl)cc1. The number of halogens is 1. The lowest BCUT2D eigenvalue weighted by Crippen LogP contribution is -2.34. The average Bonchev–Trinajstić information content (AvgIpc) is 3.16. The highest BCUT2D eigenvalue weighted by atomic mass is 35.5. The minimum absolute atomic E-state index is 0.0361. The maximum atomic E-state index is 11.8. The Balaban J connectivity index is 1.85. The van der Waals surface area contributed by atoms with Gasteiger partial charge in [-0.3, -0.25) is 4.79 Å². The molecule has 3 atom stereocenters. The Bertz CT molecular complexity index is 603. The van der Waals surface area contributed by atoms with E-state index in [1.807, 2.05) is 31.2 Å². The van der Waals surface area contributed by atoms with E-state index in [9.17, 15) is 4.79 Å². The molecule has 0 aliphatic heterocycles. The van der Waals surface area contributed by atoms with Crippen molar-refractivity contribution in [2.45, 2.75) is 46.1 Å². The third-order valence-electron chi connectivity index (χ3n) is 4.76. The molecule has 0 spiro atoms. The highest BCUT2D eigenvalue weighted by Crippen LogP contribution is 2.60. The fraction of sp³-hybridized carbons (Fsp3) is 0.450. The van der Waals surface area contributed by atoms with Crippen LogP contribution in [0.1, 0.15) is 45.6 Å². The summed E-state index contributed by atoms with van der Waals surface area (Å²) in [5, 5.41) is 3.73. The molecule has 0 bridgehead atoms. The van der Waals surface area contributed by atoms with Gasteiger partial charge in [-0.2, -0.15) is 0 Å². The summed E-state index contributed by atoms with van der Waals surface area (Å²) in [5.41, 5.74) is 1.51. The molecular formula is C20H26ClNO.